The van der Waals surface area contributed by atoms with Gasteiger partial charge in [0.1, 0.15) is 11.6 Å². The van der Waals surface area contributed by atoms with Gasteiger partial charge in [-0.15, -0.1) is 0 Å². The van der Waals surface area contributed by atoms with Gasteiger partial charge < -0.3 is 10.1 Å². The summed E-state index contributed by atoms with van der Waals surface area (Å²) in [6.07, 6.45) is 2.09. The van der Waals surface area contributed by atoms with Crippen LogP contribution in [0.2, 0.25) is 0 Å². The van der Waals surface area contributed by atoms with Gasteiger partial charge in [-0.05, 0) is 54.5 Å². The van der Waals surface area contributed by atoms with Crippen LogP contribution in [0.15, 0.2) is 71.8 Å². The second-order valence-corrected chi connectivity index (χ2v) is 14.5. The van der Waals surface area contributed by atoms with Crippen molar-refractivity contribution in [3.05, 3.63) is 72.3 Å². The zero-order chi connectivity index (χ0) is 30.7. The third-order valence-corrected chi connectivity index (χ3v) is 9.50. The number of alkyl halides is 2. The number of hydrogen-bond donors (Lipinski definition) is 2. The van der Waals surface area contributed by atoms with Gasteiger partial charge in [-0.1, -0.05) is 81.0 Å². The third-order valence-electron chi connectivity index (χ3n) is 7.11. The number of aromatic nitrogens is 2. The van der Waals surface area contributed by atoms with Crippen LogP contribution in [0.25, 0.3) is 21.7 Å². The van der Waals surface area contributed by atoms with E-state index in [9.17, 15) is 8.42 Å². The van der Waals surface area contributed by atoms with Gasteiger partial charge in [0, 0.05) is 24.1 Å². The van der Waals surface area contributed by atoms with Crippen LogP contribution in [0.4, 0.5) is 19.7 Å². The van der Waals surface area contributed by atoms with Crippen molar-refractivity contribution < 1.29 is 21.9 Å². The van der Waals surface area contributed by atoms with Crippen LogP contribution >= 0.6 is 11.3 Å². The fourth-order valence-electron chi connectivity index (χ4n) is 4.78. The molecule has 2 N–H and O–H groups in total. The molecule has 7 nitrogen and oxygen atoms in total. The summed E-state index contributed by atoms with van der Waals surface area (Å²) in [5.74, 6) is -2.08. The molecule has 2 aromatic heterocycles. The molecule has 43 heavy (non-hydrogen) atoms. The summed E-state index contributed by atoms with van der Waals surface area (Å²) in [5.41, 5.74) is 1.19. The number of hydrogen-bond acceptors (Lipinski definition) is 7. The second kappa shape index (κ2) is 12.6. The van der Waals surface area contributed by atoms with Crippen LogP contribution < -0.4 is 14.8 Å². The molecule has 4 aromatic rings. The lowest BCUT2D eigenvalue weighted by atomic mass is 9.93. The summed E-state index contributed by atoms with van der Waals surface area (Å²) in [6, 6.07) is 18.4. The highest BCUT2D eigenvalue weighted by Gasteiger charge is 2.35. The highest BCUT2D eigenvalue weighted by Crippen LogP contribution is 2.45. The van der Waals surface area contributed by atoms with Crippen molar-refractivity contribution in [1.29, 1.82) is 0 Å². The highest BCUT2D eigenvalue weighted by molar-refractivity contribution is 7.92. The maximum atomic E-state index is 15.8. The topological polar surface area (TPSA) is 93.2 Å². The summed E-state index contributed by atoms with van der Waals surface area (Å²) in [4.78, 5) is 9.43. The van der Waals surface area contributed by atoms with Gasteiger partial charge >= 0.3 is 0 Å². The molecule has 11 heteroatoms. The molecule has 0 saturated carbocycles. The average molecular weight is 627 g/mol. The van der Waals surface area contributed by atoms with Crippen molar-refractivity contribution in [2.75, 3.05) is 23.2 Å². The van der Waals surface area contributed by atoms with E-state index in [1.54, 1.807) is 30.3 Å². The number of sulfonamides is 1. The minimum atomic E-state index is -4.12. The number of ether oxygens (including phenoxy) is 1. The van der Waals surface area contributed by atoms with Crippen molar-refractivity contribution in [3.63, 3.8) is 0 Å². The van der Waals surface area contributed by atoms with Gasteiger partial charge in [-0.3, -0.25) is 4.72 Å². The van der Waals surface area contributed by atoms with Crippen LogP contribution in [-0.2, 0) is 15.9 Å². The molecule has 0 saturated heterocycles. The van der Waals surface area contributed by atoms with Crippen molar-refractivity contribution >= 4 is 32.3 Å². The monoisotopic (exact) mass is 626 g/mol. The maximum absolute atomic E-state index is 15.8. The van der Waals surface area contributed by atoms with E-state index in [0.29, 0.717) is 54.4 Å². The lowest BCUT2D eigenvalue weighted by Crippen LogP contribution is -2.15. The second-order valence-electron chi connectivity index (χ2n) is 11.8. The quantitative estimate of drug-likeness (QED) is 0.236. The molecule has 3 heterocycles. The van der Waals surface area contributed by atoms with Gasteiger partial charge in [-0.2, -0.15) is 8.42 Å². The van der Waals surface area contributed by atoms with Gasteiger partial charge in [0.05, 0.1) is 17.2 Å². The van der Waals surface area contributed by atoms with Crippen LogP contribution in [-0.4, -0.2) is 31.5 Å². The van der Waals surface area contributed by atoms with Crippen LogP contribution in [0.5, 0.6) is 5.75 Å². The standard InChI is InChI=1S/C32H36F2N4O3S2/c1-31(2,3)18-20-41-23-12-9-11-22(21-23)29-28-24-13-5-6-14-25(24)32(33,34)17-7-4-8-19-35-26-15-10-16-27(36-26)43(39,40)38-30(37-28)42-29/h5-6,9-16,21H,4,7-8,17-20H2,1-3H3,(H,35,36)(H,37,38). The molecule has 0 fully saturated rings. The first-order valence-corrected chi connectivity index (χ1v) is 16.7. The lowest BCUT2D eigenvalue weighted by molar-refractivity contribution is -0.0151. The van der Waals surface area contributed by atoms with Crippen molar-refractivity contribution in [2.24, 2.45) is 5.41 Å². The summed E-state index contributed by atoms with van der Waals surface area (Å²) in [7, 11) is -4.12. The number of thiazole rings is 1. The molecular formula is C32H36F2N4O3S2. The van der Waals surface area contributed by atoms with E-state index in [0.717, 1.165) is 17.8 Å². The van der Waals surface area contributed by atoms with Crippen molar-refractivity contribution in [2.45, 2.75) is 63.8 Å². The average Bonchev–Trinajstić information content (AvgIpc) is 3.37. The fraction of sp³-hybridized carbons (Fsp3) is 0.375. The Hall–Kier alpha value is -3.57. The van der Waals surface area contributed by atoms with E-state index in [2.05, 4.69) is 40.8 Å². The minimum Gasteiger partial charge on any atom is -0.494 e. The first-order valence-electron chi connectivity index (χ1n) is 14.4. The Morgan fingerprint density at radius 1 is 0.977 bits per heavy atom. The van der Waals surface area contributed by atoms with Crippen molar-refractivity contribution in [1.82, 2.24) is 9.97 Å². The SMILES string of the molecule is CC(C)(C)CCOc1cccc(-c2sc3nc2-c2ccccc2C(F)(F)CCCCCNc2cccc(n2)S(=O)(=O)N3)c1. The first kappa shape index (κ1) is 30.9. The molecule has 1 aliphatic heterocycles. The number of rotatable bonds is 4. The predicted octanol–water partition coefficient (Wildman–Crippen LogP) is 8.57. The summed E-state index contributed by atoms with van der Waals surface area (Å²) < 4.78 is 66.9. The minimum absolute atomic E-state index is 0.0478. The number of anilines is 2. The van der Waals surface area contributed by atoms with E-state index >= 15 is 8.78 Å². The molecule has 0 aliphatic carbocycles. The molecule has 2 aromatic carbocycles. The molecule has 1 aliphatic rings. The zero-order valence-electron chi connectivity index (χ0n) is 24.5. The smallest absolute Gasteiger partial charge is 0.281 e. The Kier molecular flexibility index (Phi) is 9.03. The Balaban J connectivity index is 1.62. The van der Waals surface area contributed by atoms with E-state index < -0.39 is 15.9 Å². The number of nitrogens with zero attached hydrogens (tertiary/aromatic N) is 2. The van der Waals surface area contributed by atoms with Crippen molar-refractivity contribution in [3.8, 4) is 27.4 Å². The number of benzene rings is 2. The zero-order valence-corrected chi connectivity index (χ0v) is 26.1. The Labute approximate surface area is 255 Å². The molecule has 0 spiro atoms. The van der Waals surface area contributed by atoms with E-state index in [1.165, 1.54) is 12.1 Å². The molecule has 0 unspecified atom stereocenters. The van der Waals surface area contributed by atoms with E-state index in [-0.39, 0.29) is 38.8 Å². The normalized spacial score (nSPS) is 16.7. The molecule has 0 radical (unpaired) electrons. The number of fused-ring (bicyclic) bond motifs is 6. The Bertz CT molecular complexity index is 1680. The Morgan fingerprint density at radius 2 is 1.77 bits per heavy atom. The largest absolute Gasteiger partial charge is 0.494 e. The molecule has 0 amide bonds. The lowest BCUT2D eigenvalue weighted by Gasteiger charge is -2.20. The molecular weight excluding hydrogens is 591 g/mol. The number of nitrogens with one attached hydrogen (secondary N) is 2. The predicted molar refractivity (Wildman–Crippen MR) is 168 cm³/mol. The number of halogens is 2. The van der Waals surface area contributed by atoms with Gasteiger partial charge in [0.25, 0.3) is 15.9 Å². The third kappa shape index (κ3) is 7.69. The molecule has 228 valence electrons. The summed E-state index contributed by atoms with van der Waals surface area (Å²) >= 11 is 1.08. The molecule has 5 rings (SSSR count). The summed E-state index contributed by atoms with van der Waals surface area (Å²) in [6.45, 7) is 7.43. The van der Waals surface area contributed by atoms with Crippen LogP contribution in [0, 0.1) is 5.41 Å². The van der Waals surface area contributed by atoms with E-state index in [1.807, 2.05) is 24.3 Å². The highest BCUT2D eigenvalue weighted by atomic mass is 32.2. The Morgan fingerprint density at radius 3 is 2.58 bits per heavy atom. The number of pyridine rings is 1. The van der Waals surface area contributed by atoms with Crippen LogP contribution in [0.1, 0.15) is 58.4 Å². The van der Waals surface area contributed by atoms with Crippen LogP contribution in [0.3, 0.4) is 0 Å². The maximum Gasteiger partial charge on any atom is 0.281 e. The molecule has 0 atom stereocenters. The first-order chi connectivity index (χ1) is 20.4. The van der Waals surface area contributed by atoms with Gasteiger partial charge in [-0.25, -0.2) is 18.7 Å². The molecule has 4 bridgehead atoms. The van der Waals surface area contributed by atoms with E-state index in [4.69, 9.17) is 4.74 Å². The fourth-order valence-corrected chi connectivity index (χ4v) is 6.96. The summed E-state index contributed by atoms with van der Waals surface area (Å²) in [5, 5.41) is 2.98. The van der Waals surface area contributed by atoms with Gasteiger partial charge in [0.2, 0.25) is 0 Å². The van der Waals surface area contributed by atoms with Gasteiger partial charge in [0.15, 0.2) is 10.2 Å².